The van der Waals surface area contributed by atoms with Crippen molar-refractivity contribution in [2.24, 2.45) is 11.7 Å². The fourth-order valence-corrected chi connectivity index (χ4v) is 2.15. The number of hydrogen-bond donors (Lipinski definition) is 6. The van der Waals surface area contributed by atoms with Crippen molar-refractivity contribution in [3.63, 3.8) is 0 Å². The first-order valence-electron chi connectivity index (χ1n) is 7.91. The van der Waals surface area contributed by atoms with E-state index in [9.17, 15) is 19.5 Å². The Kier molecular flexibility index (Phi) is 8.02. The summed E-state index contributed by atoms with van der Waals surface area (Å²) in [6.07, 6.45) is 3.20. The molecule has 0 aliphatic heterocycles. The molecule has 140 valence electrons. The fraction of sp³-hybridized carbons (Fsp3) is 0.600. The number of nitrogens with one attached hydrogen (secondary N) is 3. The molecule has 10 heteroatoms. The van der Waals surface area contributed by atoms with Crippen molar-refractivity contribution >= 4 is 17.8 Å². The highest BCUT2D eigenvalue weighted by Gasteiger charge is 2.28. The van der Waals surface area contributed by atoms with Gasteiger partial charge in [-0.15, -0.1) is 0 Å². The van der Waals surface area contributed by atoms with Crippen LogP contribution in [0.4, 0.5) is 0 Å². The van der Waals surface area contributed by atoms with Crippen LogP contribution in [-0.4, -0.2) is 62.7 Å². The summed E-state index contributed by atoms with van der Waals surface area (Å²) in [5, 5.41) is 23.1. The van der Waals surface area contributed by atoms with Gasteiger partial charge in [0.2, 0.25) is 11.8 Å². The molecule has 0 radical (unpaired) electrons. The number of aliphatic hydroxyl groups excluding tert-OH is 1. The van der Waals surface area contributed by atoms with Gasteiger partial charge in [0, 0.05) is 18.3 Å². The first-order valence-corrected chi connectivity index (χ1v) is 7.91. The van der Waals surface area contributed by atoms with E-state index in [1.807, 2.05) is 13.8 Å². The molecule has 2 amide bonds. The third kappa shape index (κ3) is 6.89. The van der Waals surface area contributed by atoms with E-state index in [-0.39, 0.29) is 12.3 Å². The van der Waals surface area contributed by atoms with E-state index >= 15 is 0 Å². The Morgan fingerprint density at radius 3 is 2.36 bits per heavy atom. The van der Waals surface area contributed by atoms with E-state index in [1.54, 1.807) is 0 Å². The van der Waals surface area contributed by atoms with Gasteiger partial charge in [-0.25, -0.2) is 9.78 Å². The van der Waals surface area contributed by atoms with Crippen molar-refractivity contribution < 1.29 is 24.6 Å². The number of carbonyl (C=O) groups excluding carboxylic acids is 2. The van der Waals surface area contributed by atoms with Gasteiger partial charge in [-0.1, -0.05) is 13.8 Å². The molecule has 10 nitrogen and oxygen atoms in total. The van der Waals surface area contributed by atoms with Crippen LogP contribution in [0.25, 0.3) is 0 Å². The third-order valence-corrected chi connectivity index (χ3v) is 3.47. The molecule has 25 heavy (non-hydrogen) atoms. The van der Waals surface area contributed by atoms with Gasteiger partial charge in [0.05, 0.1) is 12.9 Å². The molecular formula is C15H25N5O5. The molecule has 0 unspecified atom stereocenters. The van der Waals surface area contributed by atoms with Crippen LogP contribution in [0.2, 0.25) is 0 Å². The summed E-state index contributed by atoms with van der Waals surface area (Å²) in [6, 6.07) is -3.28. The number of rotatable bonds is 10. The lowest BCUT2D eigenvalue weighted by Gasteiger charge is -2.23. The number of aliphatic hydroxyl groups is 1. The van der Waals surface area contributed by atoms with Crippen LogP contribution < -0.4 is 16.4 Å². The van der Waals surface area contributed by atoms with E-state index in [0.29, 0.717) is 12.1 Å². The van der Waals surface area contributed by atoms with Crippen LogP contribution in [0.5, 0.6) is 0 Å². The molecule has 1 aromatic rings. The summed E-state index contributed by atoms with van der Waals surface area (Å²) in [4.78, 5) is 42.3. The minimum Gasteiger partial charge on any atom is -0.480 e. The number of nitrogens with two attached hydrogens (primary N) is 1. The Morgan fingerprint density at radius 1 is 1.24 bits per heavy atom. The number of aromatic amines is 1. The van der Waals surface area contributed by atoms with E-state index in [4.69, 9.17) is 10.8 Å². The van der Waals surface area contributed by atoms with E-state index in [1.165, 1.54) is 12.5 Å². The monoisotopic (exact) mass is 355 g/mol. The van der Waals surface area contributed by atoms with Gasteiger partial charge >= 0.3 is 5.97 Å². The molecule has 0 fully saturated rings. The SMILES string of the molecule is CC(C)C[C@H](NC(=O)[C@@H](N)CO)C(=O)N[C@@H](Cc1cnc[nH]1)C(=O)O. The second-order valence-electron chi connectivity index (χ2n) is 6.16. The highest BCUT2D eigenvalue weighted by molar-refractivity contribution is 5.91. The minimum atomic E-state index is -1.20. The van der Waals surface area contributed by atoms with Crippen LogP contribution in [0.15, 0.2) is 12.5 Å². The number of imidazole rings is 1. The van der Waals surface area contributed by atoms with E-state index in [0.717, 1.165) is 0 Å². The van der Waals surface area contributed by atoms with E-state index < -0.39 is 42.5 Å². The van der Waals surface area contributed by atoms with Crippen molar-refractivity contribution in [1.82, 2.24) is 20.6 Å². The predicted molar refractivity (Wildman–Crippen MR) is 88.3 cm³/mol. The molecule has 0 aliphatic rings. The van der Waals surface area contributed by atoms with Crippen LogP contribution >= 0.6 is 0 Å². The van der Waals surface area contributed by atoms with Gasteiger partial charge in [-0.3, -0.25) is 9.59 Å². The smallest absolute Gasteiger partial charge is 0.326 e. The lowest BCUT2D eigenvalue weighted by Crippen LogP contribution is -2.55. The van der Waals surface area contributed by atoms with Gasteiger partial charge in [0.1, 0.15) is 18.1 Å². The Balaban J connectivity index is 2.79. The largest absolute Gasteiger partial charge is 0.480 e. The molecule has 0 saturated carbocycles. The van der Waals surface area contributed by atoms with Gasteiger partial charge in [0.25, 0.3) is 0 Å². The molecule has 0 saturated heterocycles. The zero-order chi connectivity index (χ0) is 19.0. The van der Waals surface area contributed by atoms with Crippen molar-refractivity contribution in [3.05, 3.63) is 18.2 Å². The molecule has 0 aromatic carbocycles. The average molecular weight is 355 g/mol. The summed E-state index contributed by atoms with van der Waals surface area (Å²) < 4.78 is 0. The summed E-state index contributed by atoms with van der Waals surface area (Å²) in [6.45, 7) is 3.16. The van der Waals surface area contributed by atoms with Gasteiger partial charge in [-0.05, 0) is 12.3 Å². The number of carboxylic acids is 1. The highest BCUT2D eigenvalue weighted by Crippen LogP contribution is 2.07. The summed E-state index contributed by atoms with van der Waals surface area (Å²) in [7, 11) is 0. The zero-order valence-electron chi connectivity index (χ0n) is 14.2. The molecule has 1 aromatic heterocycles. The Morgan fingerprint density at radius 2 is 1.88 bits per heavy atom. The molecule has 0 spiro atoms. The quantitative estimate of drug-likeness (QED) is 0.292. The topological polar surface area (TPSA) is 170 Å². The number of aliphatic carboxylic acids is 1. The van der Waals surface area contributed by atoms with Gasteiger partial charge < -0.3 is 31.6 Å². The molecule has 0 aliphatic carbocycles. The number of nitrogens with zero attached hydrogens (tertiary/aromatic N) is 1. The summed E-state index contributed by atoms with van der Waals surface area (Å²) in [5.74, 6) is -2.44. The predicted octanol–water partition coefficient (Wildman–Crippen LogP) is -1.63. The highest BCUT2D eigenvalue weighted by atomic mass is 16.4. The second-order valence-corrected chi connectivity index (χ2v) is 6.16. The lowest BCUT2D eigenvalue weighted by molar-refractivity contribution is -0.142. The number of amides is 2. The molecule has 1 heterocycles. The van der Waals surface area contributed by atoms with Gasteiger partial charge in [0.15, 0.2) is 0 Å². The zero-order valence-corrected chi connectivity index (χ0v) is 14.2. The second kappa shape index (κ2) is 9.74. The first-order chi connectivity index (χ1) is 11.7. The molecule has 3 atom stereocenters. The number of carbonyl (C=O) groups is 3. The van der Waals surface area contributed by atoms with E-state index in [2.05, 4.69) is 20.6 Å². The molecular weight excluding hydrogens is 330 g/mol. The Labute approximate surface area is 145 Å². The molecule has 0 bridgehead atoms. The first kappa shape index (κ1) is 20.6. The number of H-pyrrole nitrogens is 1. The maximum atomic E-state index is 12.5. The van der Waals surface area contributed by atoms with Crippen molar-refractivity contribution in [3.8, 4) is 0 Å². The van der Waals surface area contributed by atoms with Crippen LogP contribution in [0.3, 0.4) is 0 Å². The Hall–Kier alpha value is -2.46. The third-order valence-electron chi connectivity index (χ3n) is 3.47. The summed E-state index contributed by atoms with van der Waals surface area (Å²) in [5.41, 5.74) is 5.99. The Bertz CT molecular complexity index is 575. The van der Waals surface area contributed by atoms with Gasteiger partial charge in [-0.2, -0.15) is 0 Å². The molecule has 1 rings (SSSR count). The van der Waals surface area contributed by atoms with Crippen molar-refractivity contribution in [1.29, 1.82) is 0 Å². The van der Waals surface area contributed by atoms with Crippen molar-refractivity contribution in [2.75, 3.05) is 6.61 Å². The number of hydrogen-bond acceptors (Lipinski definition) is 6. The normalized spacial score (nSPS) is 14.6. The average Bonchev–Trinajstić information content (AvgIpc) is 3.05. The van der Waals surface area contributed by atoms with Crippen LogP contribution in [0, 0.1) is 5.92 Å². The number of carboxylic acid groups (broad SMARTS) is 1. The minimum absolute atomic E-state index is 0.0274. The maximum absolute atomic E-state index is 12.5. The van der Waals surface area contributed by atoms with Crippen LogP contribution in [-0.2, 0) is 20.8 Å². The fourth-order valence-electron chi connectivity index (χ4n) is 2.15. The number of aromatic nitrogens is 2. The lowest BCUT2D eigenvalue weighted by atomic mass is 10.0. The summed E-state index contributed by atoms with van der Waals surface area (Å²) >= 11 is 0. The van der Waals surface area contributed by atoms with Crippen LogP contribution in [0.1, 0.15) is 26.0 Å². The van der Waals surface area contributed by atoms with Crippen molar-refractivity contribution in [2.45, 2.75) is 44.8 Å². The standard InChI is InChI=1S/C15H25N5O5/c1-8(2)3-11(19-13(22)10(16)6-21)14(23)20-12(15(24)25)4-9-5-17-7-18-9/h5,7-8,10-12,21H,3-4,6,16H2,1-2H3,(H,17,18)(H,19,22)(H,20,23)(H,24,25)/t10-,11-,12-/m0/s1. The molecule has 7 N–H and O–H groups in total. The maximum Gasteiger partial charge on any atom is 0.326 e.